The average Bonchev–Trinajstić information content (AvgIpc) is 3.12. The molecule has 0 aliphatic heterocycles. The van der Waals surface area contributed by atoms with Gasteiger partial charge in [0.2, 0.25) is 5.88 Å². The molecule has 4 nitrogen and oxygen atoms in total. The zero-order valence-electron chi connectivity index (χ0n) is 16.6. The van der Waals surface area contributed by atoms with Crippen molar-refractivity contribution in [3.05, 3.63) is 81.5 Å². The molecule has 0 saturated carbocycles. The Hall–Kier alpha value is -2.66. The monoisotopic (exact) mass is 450 g/mol. The van der Waals surface area contributed by atoms with Crippen LogP contribution in [-0.2, 0) is 19.4 Å². The molecule has 1 aliphatic rings. The second kappa shape index (κ2) is 8.78. The zero-order chi connectivity index (χ0) is 20.2. The molecule has 5 heteroatoms. The summed E-state index contributed by atoms with van der Waals surface area (Å²) >= 11 is 3.57. The fraction of sp³-hybridized carbons (Fsp3) is 0.250. The van der Waals surface area contributed by atoms with Crippen LogP contribution in [0, 0.1) is 6.92 Å². The van der Waals surface area contributed by atoms with Crippen LogP contribution in [0.1, 0.15) is 29.3 Å². The molecule has 2 aromatic carbocycles. The van der Waals surface area contributed by atoms with Crippen molar-refractivity contribution in [2.24, 2.45) is 4.99 Å². The maximum Gasteiger partial charge on any atom is 0.228 e. The Labute approximate surface area is 179 Å². The van der Waals surface area contributed by atoms with E-state index < -0.39 is 0 Å². The van der Waals surface area contributed by atoms with Crippen LogP contribution in [0.15, 0.2) is 64.1 Å². The molecule has 0 radical (unpaired) electrons. The number of fused-ring (bicyclic) bond motifs is 1. The number of aryl methyl sites for hydroxylation is 1. The lowest BCUT2D eigenvalue weighted by atomic mass is 10.1. The van der Waals surface area contributed by atoms with Gasteiger partial charge in [-0.1, -0.05) is 36.4 Å². The Morgan fingerprint density at radius 1 is 1.10 bits per heavy atom. The van der Waals surface area contributed by atoms with Gasteiger partial charge in [0.25, 0.3) is 0 Å². The summed E-state index contributed by atoms with van der Waals surface area (Å²) in [7, 11) is 0. The number of ether oxygens (including phenoxy) is 2. The molecule has 3 aromatic rings. The number of aliphatic imine (C=N–C) groups is 1. The molecule has 0 bridgehead atoms. The van der Waals surface area contributed by atoms with E-state index in [-0.39, 0.29) is 6.10 Å². The van der Waals surface area contributed by atoms with Crippen LogP contribution in [-0.4, -0.2) is 17.3 Å². The van der Waals surface area contributed by atoms with E-state index in [4.69, 9.17) is 9.47 Å². The molecule has 1 heterocycles. The average molecular weight is 451 g/mol. The van der Waals surface area contributed by atoms with Gasteiger partial charge in [-0.25, -0.2) is 4.98 Å². The van der Waals surface area contributed by atoms with Crippen molar-refractivity contribution in [3.8, 4) is 11.6 Å². The third kappa shape index (κ3) is 4.67. The molecule has 29 heavy (non-hydrogen) atoms. The molecule has 1 atom stereocenters. The lowest BCUT2D eigenvalue weighted by Crippen LogP contribution is -2.17. The van der Waals surface area contributed by atoms with E-state index in [1.807, 2.05) is 44.2 Å². The number of halogens is 1. The van der Waals surface area contributed by atoms with Gasteiger partial charge < -0.3 is 9.47 Å². The number of rotatable bonds is 6. The first-order valence-electron chi connectivity index (χ1n) is 9.73. The molecule has 0 amide bonds. The maximum atomic E-state index is 6.22. The molecular weight excluding hydrogens is 428 g/mol. The SMILES string of the molecule is CC=Nc1cc(Br)c(OC2Cc3ccc(OCc4ccccc4)cc3C2)nc1C. The molecule has 1 aliphatic carbocycles. The van der Waals surface area contributed by atoms with E-state index in [1.165, 1.54) is 11.1 Å². The number of hydrogen-bond acceptors (Lipinski definition) is 4. The largest absolute Gasteiger partial charge is 0.489 e. The highest BCUT2D eigenvalue weighted by Crippen LogP contribution is 2.33. The summed E-state index contributed by atoms with van der Waals surface area (Å²) in [6.45, 7) is 4.41. The first-order valence-corrected chi connectivity index (χ1v) is 10.5. The smallest absolute Gasteiger partial charge is 0.228 e. The standard InChI is InChI=1S/C24H23BrN2O2/c1-3-26-23-14-22(25)24(27-16(23)2)29-21-11-18-9-10-20(12-19(18)13-21)28-15-17-7-5-4-6-8-17/h3-10,12,14,21H,11,13,15H2,1-2H3. The van der Waals surface area contributed by atoms with Gasteiger partial charge in [-0.3, -0.25) is 4.99 Å². The summed E-state index contributed by atoms with van der Waals surface area (Å²) in [6.07, 6.45) is 3.55. The van der Waals surface area contributed by atoms with Crippen LogP contribution in [0.25, 0.3) is 0 Å². The van der Waals surface area contributed by atoms with E-state index in [0.29, 0.717) is 12.5 Å². The lowest BCUT2D eigenvalue weighted by Gasteiger charge is -2.14. The number of benzene rings is 2. The van der Waals surface area contributed by atoms with Gasteiger partial charge in [-0.15, -0.1) is 0 Å². The van der Waals surface area contributed by atoms with E-state index in [1.54, 1.807) is 6.21 Å². The molecule has 1 aromatic heterocycles. The summed E-state index contributed by atoms with van der Waals surface area (Å²) in [5.74, 6) is 1.51. The van der Waals surface area contributed by atoms with Gasteiger partial charge in [-0.2, -0.15) is 0 Å². The number of pyridine rings is 1. The normalized spacial score (nSPS) is 15.5. The maximum absolute atomic E-state index is 6.22. The Balaban J connectivity index is 1.42. The Kier molecular flexibility index (Phi) is 5.95. The molecule has 148 valence electrons. The Morgan fingerprint density at radius 3 is 2.69 bits per heavy atom. The minimum Gasteiger partial charge on any atom is -0.489 e. The van der Waals surface area contributed by atoms with Gasteiger partial charge in [0, 0.05) is 19.1 Å². The van der Waals surface area contributed by atoms with Crippen LogP contribution in [0.4, 0.5) is 5.69 Å². The van der Waals surface area contributed by atoms with Crippen molar-refractivity contribution in [1.29, 1.82) is 0 Å². The van der Waals surface area contributed by atoms with E-state index in [9.17, 15) is 0 Å². The first-order chi connectivity index (χ1) is 14.1. The van der Waals surface area contributed by atoms with Gasteiger partial charge in [0.05, 0.1) is 15.9 Å². The van der Waals surface area contributed by atoms with Crippen LogP contribution >= 0.6 is 15.9 Å². The highest BCUT2D eigenvalue weighted by molar-refractivity contribution is 9.10. The number of nitrogens with zero attached hydrogens (tertiary/aromatic N) is 2. The summed E-state index contributed by atoms with van der Waals surface area (Å²) < 4.78 is 13.0. The van der Waals surface area contributed by atoms with Crippen molar-refractivity contribution in [1.82, 2.24) is 4.98 Å². The predicted molar refractivity (Wildman–Crippen MR) is 120 cm³/mol. The lowest BCUT2D eigenvalue weighted by molar-refractivity contribution is 0.203. The van der Waals surface area contributed by atoms with Crippen LogP contribution in [0.2, 0.25) is 0 Å². The predicted octanol–water partition coefficient (Wildman–Crippen LogP) is 6.00. The van der Waals surface area contributed by atoms with Gasteiger partial charge >= 0.3 is 0 Å². The summed E-state index contributed by atoms with van der Waals surface area (Å²) in [5.41, 5.74) is 5.45. The fourth-order valence-corrected chi connectivity index (χ4v) is 3.93. The van der Waals surface area contributed by atoms with E-state index in [0.717, 1.165) is 40.0 Å². The minimum absolute atomic E-state index is 0.0677. The second-order valence-corrected chi connectivity index (χ2v) is 7.97. The van der Waals surface area contributed by atoms with Crippen LogP contribution in [0.5, 0.6) is 11.6 Å². The van der Waals surface area contributed by atoms with Crippen LogP contribution in [0.3, 0.4) is 0 Å². The van der Waals surface area contributed by atoms with E-state index in [2.05, 4.69) is 50.2 Å². The Bertz CT molecular complexity index is 1030. The number of hydrogen-bond donors (Lipinski definition) is 0. The van der Waals surface area contributed by atoms with Crippen molar-refractivity contribution < 1.29 is 9.47 Å². The topological polar surface area (TPSA) is 43.7 Å². The molecule has 0 saturated heterocycles. The number of aromatic nitrogens is 1. The van der Waals surface area contributed by atoms with Crippen LogP contribution < -0.4 is 9.47 Å². The summed E-state index contributed by atoms with van der Waals surface area (Å²) in [5, 5.41) is 0. The zero-order valence-corrected chi connectivity index (χ0v) is 18.1. The Morgan fingerprint density at radius 2 is 1.90 bits per heavy atom. The molecule has 1 unspecified atom stereocenters. The third-order valence-electron chi connectivity index (χ3n) is 4.98. The molecule has 4 rings (SSSR count). The van der Waals surface area contributed by atoms with Gasteiger partial charge in [0.1, 0.15) is 18.5 Å². The van der Waals surface area contributed by atoms with Crippen molar-refractivity contribution >= 4 is 27.8 Å². The quantitative estimate of drug-likeness (QED) is 0.432. The minimum atomic E-state index is 0.0677. The highest BCUT2D eigenvalue weighted by Gasteiger charge is 2.25. The first kappa shape index (κ1) is 19.6. The molecule has 0 N–H and O–H groups in total. The second-order valence-electron chi connectivity index (χ2n) is 7.12. The summed E-state index contributed by atoms with van der Waals surface area (Å²) in [4.78, 5) is 8.93. The van der Waals surface area contributed by atoms with Crippen molar-refractivity contribution in [3.63, 3.8) is 0 Å². The van der Waals surface area contributed by atoms with Gasteiger partial charge in [-0.05, 0) is 64.7 Å². The highest BCUT2D eigenvalue weighted by atomic mass is 79.9. The molecule has 0 spiro atoms. The molecular formula is C24H23BrN2O2. The molecule has 0 fully saturated rings. The third-order valence-corrected chi connectivity index (χ3v) is 5.54. The van der Waals surface area contributed by atoms with E-state index >= 15 is 0 Å². The van der Waals surface area contributed by atoms with Crippen molar-refractivity contribution in [2.75, 3.05) is 0 Å². The van der Waals surface area contributed by atoms with Crippen molar-refractivity contribution in [2.45, 2.75) is 39.4 Å². The fourth-order valence-electron chi connectivity index (χ4n) is 3.53. The summed E-state index contributed by atoms with van der Waals surface area (Å²) in [6, 6.07) is 18.5. The van der Waals surface area contributed by atoms with Gasteiger partial charge in [0.15, 0.2) is 0 Å².